The SMILES string of the molecule is CNC(CSCC(O)CO)(C(N)=O)c1ccccc1. The molecule has 106 valence electrons. The number of hydrogen-bond acceptors (Lipinski definition) is 5. The summed E-state index contributed by atoms with van der Waals surface area (Å²) in [5, 5.41) is 21.1. The summed E-state index contributed by atoms with van der Waals surface area (Å²) in [4.78, 5) is 11.8. The Balaban J connectivity index is 2.85. The van der Waals surface area contributed by atoms with Gasteiger partial charge in [0.15, 0.2) is 0 Å². The van der Waals surface area contributed by atoms with Crippen molar-refractivity contribution in [3.8, 4) is 0 Å². The molecule has 2 atom stereocenters. The van der Waals surface area contributed by atoms with Crippen molar-refractivity contribution >= 4 is 17.7 Å². The van der Waals surface area contributed by atoms with E-state index in [4.69, 9.17) is 10.8 Å². The molecule has 1 aromatic carbocycles. The molecule has 0 fully saturated rings. The van der Waals surface area contributed by atoms with Gasteiger partial charge in [0, 0.05) is 11.5 Å². The normalized spacial score (nSPS) is 15.7. The van der Waals surface area contributed by atoms with Crippen LogP contribution in [-0.4, -0.2) is 47.4 Å². The first-order valence-electron chi connectivity index (χ1n) is 5.98. The average Bonchev–Trinajstić information content (AvgIpc) is 2.44. The van der Waals surface area contributed by atoms with E-state index in [-0.39, 0.29) is 6.61 Å². The van der Waals surface area contributed by atoms with Crippen LogP contribution in [0.3, 0.4) is 0 Å². The summed E-state index contributed by atoms with van der Waals surface area (Å²) >= 11 is 1.37. The fraction of sp³-hybridized carbons (Fsp3) is 0.462. The van der Waals surface area contributed by atoms with E-state index in [2.05, 4.69) is 5.32 Å². The number of benzene rings is 1. The first-order valence-corrected chi connectivity index (χ1v) is 7.13. The Kier molecular flexibility index (Phi) is 6.30. The number of hydrogen-bond donors (Lipinski definition) is 4. The van der Waals surface area contributed by atoms with Crippen LogP contribution >= 0.6 is 11.8 Å². The van der Waals surface area contributed by atoms with Gasteiger partial charge in [-0.1, -0.05) is 30.3 Å². The first kappa shape index (κ1) is 16.0. The van der Waals surface area contributed by atoms with Crippen LogP contribution in [0.15, 0.2) is 30.3 Å². The summed E-state index contributed by atoms with van der Waals surface area (Å²) in [6, 6.07) is 9.23. The fourth-order valence-electron chi connectivity index (χ4n) is 1.76. The van der Waals surface area contributed by atoms with Gasteiger partial charge in [-0.05, 0) is 12.6 Å². The van der Waals surface area contributed by atoms with E-state index >= 15 is 0 Å². The highest BCUT2D eigenvalue weighted by molar-refractivity contribution is 7.99. The van der Waals surface area contributed by atoms with Crippen molar-refractivity contribution < 1.29 is 15.0 Å². The van der Waals surface area contributed by atoms with Gasteiger partial charge in [-0.3, -0.25) is 4.79 Å². The Labute approximate surface area is 117 Å². The Hall–Kier alpha value is -1.08. The van der Waals surface area contributed by atoms with Crippen LogP contribution in [0.2, 0.25) is 0 Å². The van der Waals surface area contributed by atoms with E-state index < -0.39 is 17.6 Å². The minimum Gasteiger partial charge on any atom is -0.394 e. The van der Waals surface area contributed by atoms with Gasteiger partial charge in [-0.15, -0.1) is 0 Å². The number of thioether (sulfide) groups is 1. The third-order valence-electron chi connectivity index (χ3n) is 2.95. The zero-order valence-electron chi connectivity index (χ0n) is 10.9. The van der Waals surface area contributed by atoms with E-state index in [1.54, 1.807) is 7.05 Å². The summed E-state index contributed by atoms with van der Waals surface area (Å²) in [5.41, 5.74) is 5.35. The van der Waals surface area contributed by atoms with Crippen molar-refractivity contribution in [2.45, 2.75) is 11.6 Å². The number of nitrogens with one attached hydrogen (secondary N) is 1. The molecule has 0 aliphatic carbocycles. The van der Waals surface area contributed by atoms with Crippen molar-refractivity contribution in [1.29, 1.82) is 0 Å². The van der Waals surface area contributed by atoms with Gasteiger partial charge in [-0.25, -0.2) is 0 Å². The molecule has 0 aliphatic heterocycles. The molecule has 0 spiro atoms. The molecule has 19 heavy (non-hydrogen) atoms. The van der Waals surface area contributed by atoms with Crippen LogP contribution in [0.5, 0.6) is 0 Å². The van der Waals surface area contributed by atoms with E-state index in [1.807, 2.05) is 30.3 Å². The molecule has 6 heteroatoms. The van der Waals surface area contributed by atoms with Crippen LogP contribution in [-0.2, 0) is 10.3 Å². The second kappa shape index (κ2) is 7.49. The van der Waals surface area contributed by atoms with Gasteiger partial charge in [-0.2, -0.15) is 11.8 Å². The highest BCUT2D eigenvalue weighted by atomic mass is 32.2. The molecular weight excluding hydrogens is 264 g/mol. The lowest BCUT2D eigenvalue weighted by Gasteiger charge is -2.30. The van der Waals surface area contributed by atoms with E-state index in [0.29, 0.717) is 11.5 Å². The zero-order chi connectivity index (χ0) is 14.3. The maximum absolute atomic E-state index is 11.8. The van der Waals surface area contributed by atoms with E-state index in [1.165, 1.54) is 11.8 Å². The fourth-order valence-corrected chi connectivity index (χ4v) is 3.01. The summed E-state index contributed by atoms with van der Waals surface area (Å²) in [6.07, 6.45) is -0.789. The van der Waals surface area contributed by atoms with Gasteiger partial charge in [0.25, 0.3) is 0 Å². The average molecular weight is 284 g/mol. The van der Waals surface area contributed by atoms with Gasteiger partial charge in [0.1, 0.15) is 5.54 Å². The third kappa shape index (κ3) is 3.94. The second-order valence-electron chi connectivity index (χ2n) is 4.24. The third-order valence-corrected chi connectivity index (χ3v) is 4.21. The van der Waals surface area contributed by atoms with Crippen molar-refractivity contribution in [2.24, 2.45) is 5.73 Å². The Morgan fingerprint density at radius 1 is 1.47 bits per heavy atom. The summed E-state index contributed by atoms with van der Waals surface area (Å²) < 4.78 is 0. The van der Waals surface area contributed by atoms with Gasteiger partial charge >= 0.3 is 0 Å². The van der Waals surface area contributed by atoms with Gasteiger partial charge in [0.05, 0.1) is 12.7 Å². The zero-order valence-corrected chi connectivity index (χ0v) is 11.7. The van der Waals surface area contributed by atoms with Crippen molar-refractivity contribution in [3.05, 3.63) is 35.9 Å². The monoisotopic (exact) mass is 284 g/mol. The Morgan fingerprint density at radius 2 is 2.11 bits per heavy atom. The van der Waals surface area contributed by atoms with E-state index in [0.717, 1.165) is 5.56 Å². The molecule has 5 N–H and O–H groups in total. The largest absolute Gasteiger partial charge is 0.394 e. The standard InChI is InChI=1S/C13H20N2O3S/c1-15-13(12(14)18,9-19-8-11(17)7-16)10-5-3-2-4-6-10/h2-6,11,15-17H,7-9H2,1H3,(H2,14,18). The summed E-state index contributed by atoms with van der Waals surface area (Å²) in [6.45, 7) is -0.290. The molecule has 0 radical (unpaired) electrons. The molecule has 5 nitrogen and oxygen atoms in total. The molecule has 1 rings (SSSR count). The smallest absolute Gasteiger partial charge is 0.243 e. The van der Waals surface area contributed by atoms with Gasteiger partial charge < -0.3 is 21.3 Å². The molecule has 0 aromatic heterocycles. The lowest BCUT2D eigenvalue weighted by atomic mass is 9.91. The molecule has 0 saturated heterocycles. The highest BCUT2D eigenvalue weighted by Crippen LogP contribution is 2.25. The van der Waals surface area contributed by atoms with E-state index in [9.17, 15) is 9.90 Å². The number of carbonyl (C=O) groups is 1. The molecule has 2 unspecified atom stereocenters. The number of likely N-dealkylation sites (N-methyl/N-ethyl adjacent to an activating group) is 1. The topological polar surface area (TPSA) is 95.6 Å². The van der Waals surface area contributed by atoms with Crippen molar-refractivity contribution in [1.82, 2.24) is 5.32 Å². The lowest BCUT2D eigenvalue weighted by molar-refractivity contribution is -0.123. The molecular formula is C13H20N2O3S. The van der Waals surface area contributed by atoms with Crippen LogP contribution in [0.4, 0.5) is 0 Å². The maximum Gasteiger partial charge on any atom is 0.243 e. The molecule has 0 saturated carbocycles. The molecule has 1 aromatic rings. The van der Waals surface area contributed by atoms with Crippen LogP contribution in [0.25, 0.3) is 0 Å². The summed E-state index contributed by atoms with van der Waals surface area (Å²) in [7, 11) is 1.68. The number of nitrogens with two attached hydrogens (primary N) is 1. The minimum absolute atomic E-state index is 0.290. The number of amides is 1. The minimum atomic E-state index is -0.971. The molecule has 0 aliphatic rings. The number of carbonyl (C=O) groups excluding carboxylic acids is 1. The molecule has 0 bridgehead atoms. The predicted molar refractivity (Wildman–Crippen MR) is 76.8 cm³/mol. The van der Waals surface area contributed by atoms with Crippen molar-refractivity contribution in [2.75, 3.05) is 25.2 Å². The molecule has 0 heterocycles. The quantitative estimate of drug-likeness (QED) is 0.524. The number of aliphatic hydroxyl groups excluding tert-OH is 2. The Bertz CT molecular complexity index is 402. The molecule has 1 amide bonds. The van der Waals surface area contributed by atoms with Crippen LogP contribution < -0.4 is 11.1 Å². The maximum atomic E-state index is 11.8. The predicted octanol–water partition coefficient (Wildman–Crippen LogP) is -0.327. The van der Waals surface area contributed by atoms with Crippen LogP contribution in [0.1, 0.15) is 5.56 Å². The Morgan fingerprint density at radius 3 is 2.58 bits per heavy atom. The van der Waals surface area contributed by atoms with Gasteiger partial charge in [0.2, 0.25) is 5.91 Å². The lowest BCUT2D eigenvalue weighted by Crippen LogP contribution is -2.53. The first-order chi connectivity index (χ1) is 9.06. The number of primary amides is 1. The highest BCUT2D eigenvalue weighted by Gasteiger charge is 2.36. The summed E-state index contributed by atoms with van der Waals surface area (Å²) in [5.74, 6) is 0.270. The number of aliphatic hydroxyl groups is 2. The second-order valence-corrected chi connectivity index (χ2v) is 5.27. The van der Waals surface area contributed by atoms with Crippen LogP contribution in [0, 0.1) is 0 Å². The number of rotatable bonds is 8. The van der Waals surface area contributed by atoms with Crippen molar-refractivity contribution in [3.63, 3.8) is 0 Å².